The van der Waals surface area contributed by atoms with Crippen molar-refractivity contribution >= 4 is 16.7 Å². The Morgan fingerprint density at radius 2 is 2.21 bits per heavy atom. The molecule has 1 atom stereocenters. The number of hydrogen-bond acceptors (Lipinski definition) is 6. The van der Waals surface area contributed by atoms with Crippen molar-refractivity contribution in [2.45, 2.75) is 13.0 Å². The number of aliphatic hydroxyl groups excluding tert-OH is 1. The summed E-state index contributed by atoms with van der Waals surface area (Å²) in [7, 11) is 0. The number of ether oxygens (including phenoxy) is 1. The first-order valence-electron chi connectivity index (χ1n) is 5.55. The zero-order valence-electron chi connectivity index (χ0n) is 10.1. The van der Waals surface area contributed by atoms with Crippen molar-refractivity contribution in [2.75, 3.05) is 6.61 Å². The van der Waals surface area contributed by atoms with Crippen molar-refractivity contribution in [1.29, 1.82) is 0 Å². The van der Waals surface area contributed by atoms with Crippen LogP contribution in [0.5, 0.6) is 5.75 Å². The fraction of sp³-hybridized carbons (Fsp3) is 0.231. The molecule has 0 aliphatic heterocycles. The molecule has 1 unspecified atom stereocenters. The normalized spacial score (nSPS) is 12.3. The quantitative estimate of drug-likeness (QED) is 0.805. The molecule has 0 aliphatic rings. The van der Waals surface area contributed by atoms with Crippen LogP contribution in [-0.2, 0) is 9.53 Å². The molecule has 2 aromatic rings. The fourth-order valence-electron chi connectivity index (χ4n) is 1.78. The molecule has 6 heteroatoms. The second-order valence-electron chi connectivity index (χ2n) is 4.00. The molecule has 0 radical (unpaired) electrons. The van der Waals surface area contributed by atoms with Gasteiger partial charge in [0.1, 0.15) is 30.1 Å². The van der Waals surface area contributed by atoms with Crippen molar-refractivity contribution in [2.24, 2.45) is 0 Å². The molecule has 0 saturated carbocycles. The minimum Gasteiger partial charge on any atom is -0.507 e. The second-order valence-corrected chi connectivity index (χ2v) is 4.00. The first kappa shape index (κ1) is 13.1. The Morgan fingerprint density at radius 3 is 2.89 bits per heavy atom. The Labute approximate surface area is 107 Å². The summed E-state index contributed by atoms with van der Waals surface area (Å²) in [6, 6.07) is 4.46. The molecule has 0 amide bonds. The summed E-state index contributed by atoms with van der Waals surface area (Å²) >= 11 is 0. The zero-order valence-corrected chi connectivity index (χ0v) is 10.1. The Balaban J connectivity index is 2.50. The van der Waals surface area contributed by atoms with Gasteiger partial charge in [0, 0.05) is 17.9 Å². The van der Waals surface area contributed by atoms with Crippen LogP contribution in [0.15, 0.2) is 33.7 Å². The molecule has 2 rings (SSSR count). The van der Waals surface area contributed by atoms with Crippen LogP contribution < -0.4 is 5.63 Å². The minimum atomic E-state index is -1.14. The lowest BCUT2D eigenvalue weighted by Crippen LogP contribution is -2.12. The first-order valence-corrected chi connectivity index (χ1v) is 5.55. The van der Waals surface area contributed by atoms with Crippen LogP contribution >= 0.6 is 0 Å². The van der Waals surface area contributed by atoms with Crippen molar-refractivity contribution in [3.05, 3.63) is 40.4 Å². The van der Waals surface area contributed by atoms with E-state index in [2.05, 4.69) is 0 Å². The molecule has 0 aliphatic carbocycles. The molecule has 1 heterocycles. The van der Waals surface area contributed by atoms with Gasteiger partial charge in [0.2, 0.25) is 0 Å². The predicted molar refractivity (Wildman–Crippen MR) is 65.7 cm³/mol. The number of aromatic hydroxyl groups is 1. The number of benzene rings is 1. The minimum absolute atomic E-state index is 0.0122. The van der Waals surface area contributed by atoms with Gasteiger partial charge < -0.3 is 19.4 Å². The van der Waals surface area contributed by atoms with E-state index in [0.29, 0.717) is 5.39 Å². The van der Waals surface area contributed by atoms with Crippen LogP contribution in [0.1, 0.15) is 18.6 Å². The van der Waals surface area contributed by atoms with Crippen LogP contribution in [0.4, 0.5) is 0 Å². The number of hydrogen-bond donors (Lipinski definition) is 2. The summed E-state index contributed by atoms with van der Waals surface area (Å²) in [4.78, 5) is 22.3. The van der Waals surface area contributed by atoms with Gasteiger partial charge in [-0.3, -0.25) is 4.79 Å². The molecule has 2 N–H and O–H groups in total. The van der Waals surface area contributed by atoms with Gasteiger partial charge >= 0.3 is 11.6 Å². The monoisotopic (exact) mass is 264 g/mol. The van der Waals surface area contributed by atoms with Crippen molar-refractivity contribution in [1.82, 2.24) is 0 Å². The summed E-state index contributed by atoms with van der Waals surface area (Å²) in [5.41, 5.74) is -0.428. The number of phenols is 1. The molecule has 1 aromatic carbocycles. The lowest BCUT2D eigenvalue weighted by molar-refractivity contribution is -0.144. The number of rotatable bonds is 3. The van der Waals surface area contributed by atoms with Crippen molar-refractivity contribution in [3.63, 3.8) is 0 Å². The molecular formula is C13H12O6. The highest BCUT2D eigenvalue weighted by molar-refractivity contribution is 5.89. The molecule has 0 spiro atoms. The van der Waals surface area contributed by atoms with E-state index >= 15 is 0 Å². The van der Waals surface area contributed by atoms with Gasteiger partial charge in [-0.25, -0.2) is 4.79 Å². The number of carbonyl (C=O) groups excluding carboxylic acids is 1. The Bertz CT molecular complexity index is 672. The number of fused-ring (bicyclic) bond motifs is 1. The van der Waals surface area contributed by atoms with Gasteiger partial charge in [-0.05, 0) is 6.07 Å². The molecule has 0 saturated heterocycles. The Kier molecular flexibility index (Phi) is 3.52. The molecule has 19 heavy (non-hydrogen) atoms. The smallest absolute Gasteiger partial charge is 0.347 e. The summed E-state index contributed by atoms with van der Waals surface area (Å²) in [5.74, 6) is -0.753. The summed E-state index contributed by atoms with van der Waals surface area (Å²) < 4.78 is 9.46. The summed E-state index contributed by atoms with van der Waals surface area (Å²) in [6.45, 7) is 0.968. The van der Waals surface area contributed by atoms with E-state index in [1.807, 2.05) is 0 Å². The standard InChI is InChI=1S/C13H12O6/c1-7(14)18-6-11(16)9-5-19-13(17)12-8(9)3-2-4-10(12)15/h2-5,11,15-16H,6H2,1H3. The maximum atomic E-state index is 11.5. The summed E-state index contributed by atoms with van der Waals surface area (Å²) in [6.07, 6.45) is -0.0457. The Morgan fingerprint density at radius 1 is 1.47 bits per heavy atom. The first-order chi connectivity index (χ1) is 9.00. The molecule has 100 valence electrons. The van der Waals surface area contributed by atoms with E-state index in [-0.39, 0.29) is 23.3 Å². The third kappa shape index (κ3) is 2.58. The molecule has 0 fully saturated rings. The number of carbonyl (C=O) groups is 1. The van der Waals surface area contributed by atoms with Crippen molar-refractivity contribution < 1.29 is 24.2 Å². The third-order valence-electron chi connectivity index (χ3n) is 2.65. The second kappa shape index (κ2) is 5.11. The fourth-order valence-corrected chi connectivity index (χ4v) is 1.78. The average Bonchev–Trinajstić information content (AvgIpc) is 2.36. The highest BCUT2D eigenvalue weighted by Crippen LogP contribution is 2.27. The van der Waals surface area contributed by atoms with E-state index in [1.54, 1.807) is 12.1 Å². The topological polar surface area (TPSA) is 97.0 Å². The molecule has 0 bridgehead atoms. The highest BCUT2D eigenvalue weighted by Gasteiger charge is 2.17. The largest absolute Gasteiger partial charge is 0.507 e. The Hall–Kier alpha value is -2.34. The molecule has 6 nitrogen and oxygen atoms in total. The van der Waals surface area contributed by atoms with Crippen LogP contribution in [-0.4, -0.2) is 22.8 Å². The van der Waals surface area contributed by atoms with Crippen molar-refractivity contribution in [3.8, 4) is 5.75 Å². The van der Waals surface area contributed by atoms with E-state index in [4.69, 9.17) is 9.15 Å². The lowest BCUT2D eigenvalue weighted by Gasteiger charge is -2.12. The van der Waals surface area contributed by atoms with Crippen LogP contribution in [0.25, 0.3) is 10.8 Å². The predicted octanol–water partition coefficient (Wildman–Crippen LogP) is 1.10. The number of aliphatic hydroxyl groups is 1. The molecular weight excluding hydrogens is 252 g/mol. The van der Waals surface area contributed by atoms with Gasteiger partial charge in [-0.1, -0.05) is 12.1 Å². The van der Waals surface area contributed by atoms with E-state index in [0.717, 1.165) is 6.26 Å². The van der Waals surface area contributed by atoms with Gasteiger partial charge in [0.05, 0.1) is 0 Å². The zero-order chi connectivity index (χ0) is 14.0. The lowest BCUT2D eigenvalue weighted by atomic mass is 10.0. The maximum absolute atomic E-state index is 11.5. The van der Waals surface area contributed by atoms with Gasteiger partial charge in [0.25, 0.3) is 0 Å². The highest BCUT2D eigenvalue weighted by atomic mass is 16.5. The van der Waals surface area contributed by atoms with E-state index < -0.39 is 17.7 Å². The third-order valence-corrected chi connectivity index (χ3v) is 2.65. The maximum Gasteiger partial charge on any atom is 0.347 e. The molecule has 1 aromatic heterocycles. The van der Waals surface area contributed by atoms with E-state index in [9.17, 15) is 19.8 Å². The SMILES string of the molecule is CC(=O)OCC(O)c1coc(=O)c2c(O)cccc12. The number of esters is 1. The van der Waals surface area contributed by atoms with E-state index in [1.165, 1.54) is 13.0 Å². The van der Waals surface area contributed by atoms with Gasteiger partial charge in [-0.15, -0.1) is 0 Å². The van der Waals surface area contributed by atoms with Crippen LogP contribution in [0.3, 0.4) is 0 Å². The summed E-state index contributed by atoms with van der Waals surface area (Å²) in [5, 5.41) is 19.9. The average molecular weight is 264 g/mol. The van der Waals surface area contributed by atoms with Gasteiger partial charge in [0.15, 0.2) is 0 Å². The van der Waals surface area contributed by atoms with Gasteiger partial charge in [-0.2, -0.15) is 0 Å². The number of phenolic OH excluding ortho intramolecular Hbond substituents is 1. The van der Waals surface area contributed by atoms with Crippen LogP contribution in [0.2, 0.25) is 0 Å². The van der Waals surface area contributed by atoms with Crippen LogP contribution in [0, 0.1) is 0 Å².